The molecule has 0 saturated carbocycles. The second-order valence-corrected chi connectivity index (χ2v) is 5.45. The maximum Gasteiger partial charge on any atom is 0.231 e. The Hall–Kier alpha value is -2.44. The minimum atomic E-state index is -0.0771. The highest BCUT2D eigenvalue weighted by Gasteiger charge is 2.15. The standard InChI is InChI=1S/C15H21N5O2/c1-10-17-14(19-15(18-10)20(2)3)16-7-6-11-4-5-12-13(8-11)22-9-21-12/h4-5,8,10H,6-7,9H2,1-3H3,(H2,16,17,18,19). The Balaban J connectivity index is 1.53. The second-order valence-electron chi connectivity index (χ2n) is 5.45. The highest BCUT2D eigenvalue weighted by molar-refractivity contribution is 5.99. The van der Waals surface area contributed by atoms with Crippen LogP contribution in [-0.2, 0) is 6.42 Å². The van der Waals surface area contributed by atoms with Gasteiger partial charge in [-0.25, -0.2) is 9.98 Å². The lowest BCUT2D eigenvalue weighted by molar-refractivity contribution is 0.174. The summed E-state index contributed by atoms with van der Waals surface area (Å²) in [5.41, 5.74) is 1.20. The fourth-order valence-corrected chi connectivity index (χ4v) is 2.30. The van der Waals surface area contributed by atoms with Crippen LogP contribution in [0.1, 0.15) is 12.5 Å². The molecule has 118 valence electrons. The van der Waals surface area contributed by atoms with Gasteiger partial charge in [0.2, 0.25) is 12.8 Å². The van der Waals surface area contributed by atoms with E-state index in [9.17, 15) is 0 Å². The van der Waals surface area contributed by atoms with Gasteiger partial charge in [-0.3, -0.25) is 5.32 Å². The van der Waals surface area contributed by atoms with E-state index in [4.69, 9.17) is 9.47 Å². The van der Waals surface area contributed by atoms with Crippen LogP contribution in [0.3, 0.4) is 0 Å². The van der Waals surface area contributed by atoms with Crippen LogP contribution in [0, 0.1) is 0 Å². The molecule has 7 nitrogen and oxygen atoms in total. The number of fused-ring (bicyclic) bond motifs is 1. The molecule has 1 aromatic rings. The summed E-state index contributed by atoms with van der Waals surface area (Å²) in [5.74, 6) is 3.21. The Bertz CT molecular complexity index is 612. The van der Waals surface area contributed by atoms with Crippen LogP contribution in [0.5, 0.6) is 11.5 Å². The number of benzene rings is 1. The lowest BCUT2D eigenvalue weighted by atomic mass is 10.1. The maximum atomic E-state index is 5.39. The Morgan fingerprint density at radius 3 is 2.91 bits per heavy atom. The first kappa shape index (κ1) is 14.5. The highest BCUT2D eigenvalue weighted by atomic mass is 16.7. The number of aliphatic imine (C=N–C) groups is 2. The fraction of sp³-hybridized carbons (Fsp3) is 0.467. The van der Waals surface area contributed by atoms with Gasteiger partial charge in [0.05, 0.1) is 0 Å². The van der Waals surface area contributed by atoms with Crippen molar-refractivity contribution in [3.05, 3.63) is 23.8 Å². The van der Waals surface area contributed by atoms with E-state index in [0.29, 0.717) is 6.79 Å². The summed E-state index contributed by atoms with van der Waals surface area (Å²) in [4.78, 5) is 10.8. The molecule has 0 bridgehead atoms. The van der Waals surface area contributed by atoms with E-state index < -0.39 is 0 Å². The van der Waals surface area contributed by atoms with Gasteiger partial charge in [0.25, 0.3) is 0 Å². The van der Waals surface area contributed by atoms with Crippen molar-refractivity contribution in [2.75, 3.05) is 27.4 Å². The molecule has 2 aliphatic heterocycles. The molecule has 0 radical (unpaired) electrons. The largest absolute Gasteiger partial charge is 0.454 e. The van der Waals surface area contributed by atoms with Gasteiger partial charge in [-0.2, -0.15) is 0 Å². The molecule has 1 aromatic carbocycles. The van der Waals surface area contributed by atoms with E-state index in [1.54, 1.807) is 0 Å². The Kier molecular flexibility index (Phi) is 4.04. The predicted octanol–water partition coefficient (Wildman–Crippen LogP) is 0.770. The van der Waals surface area contributed by atoms with Crippen LogP contribution in [0.25, 0.3) is 0 Å². The third-order valence-electron chi connectivity index (χ3n) is 3.42. The van der Waals surface area contributed by atoms with E-state index >= 15 is 0 Å². The predicted molar refractivity (Wildman–Crippen MR) is 85.4 cm³/mol. The normalized spacial score (nSPS) is 19.1. The van der Waals surface area contributed by atoms with Gasteiger partial charge in [0.15, 0.2) is 17.5 Å². The summed E-state index contributed by atoms with van der Waals surface area (Å²) in [6.45, 7) is 3.05. The van der Waals surface area contributed by atoms with Crippen LogP contribution in [-0.4, -0.2) is 50.4 Å². The van der Waals surface area contributed by atoms with Gasteiger partial charge >= 0.3 is 0 Å². The second kappa shape index (κ2) is 6.13. The molecule has 0 aromatic heterocycles. The van der Waals surface area contributed by atoms with Crippen LogP contribution in [0.4, 0.5) is 0 Å². The van der Waals surface area contributed by atoms with Crippen LogP contribution in [0.2, 0.25) is 0 Å². The average molecular weight is 303 g/mol. The minimum Gasteiger partial charge on any atom is -0.454 e. The number of guanidine groups is 2. The molecular formula is C15H21N5O2. The lowest BCUT2D eigenvalue weighted by Crippen LogP contribution is -2.49. The monoisotopic (exact) mass is 303 g/mol. The first-order valence-electron chi connectivity index (χ1n) is 7.34. The summed E-state index contributed by atoms with van der Waals surface area (Å²) in [5, 5.41) is 6.49. The zero-order valence-corrected chi connectivity index (χ0v) is 13.1. The molecule has 22 heavy (non-hydrogen) atoms. The molecule has 0 amide bonds. The van der Waals surface area contributed by atoms with Gasteiger partial charge in [-0.1, -0.05) is 6.07 Å². The number of rotatable bonds is 3. The summed E-state index contributed by atoms with van der Waals surface area (Å²) in [6.07, 6.45) is 0.798. The van der Waals surface area contributed by atoms with Crippen molar-refractivity contribution in [1.29, 1.82) is 0 Å². The van der Waals surface area contributed by atoms with E-state index in [1.165, 1.54) is 5.56 Å². The van der Waals surface area contributed by atoms with Crippen molar-refractivity contribution < 1.29 is 9.47 Å². The zero-order chi connectivity index (χ0) is 15.5. The molecule has 0 fully saturated rings. The molecule has 2 heterocycles. The van der Waals surface area contributed by atoms with Gasteiger partial charge in [-0.05, 0) is 31.0 Å². The van der Waals surface area contributed by atoms with Gasteiger partial charge in [0, 0.05) is 20.6 Å². The molecule has 2 N–H and O–H groups in total. The Morgan fingerprint density at radius 2 is 2.09 bits per heavy atom. The molecule has 0 saturated heterocycles. The van der Waals surface area contributed by atoms with Crippen LogP contribution >= 0.6 is 0 Å². The van der Waals surface area contributed by atoms with E-state index in [2.05, 4.69) is 26.7 Å². The van der Waals surface area contributed by atoms with E-state index in [-0.39, 0.29) is 6.17 Å². The van der Waals surface area contributed by atoms with Crippen LogP contribution in [0.15, 0.2) is 28.2 Å². The molecule has 0 spiro atoms. The van der Waals surface area contributed by atoms with Crippen molar-refractivity contribution in [2.45, 2.75) is 19.5 Å². The van der Waals surface area contributed by atoms with Gasteiger partial charge in [-0.15, -0.1) is 0 Å². The molecular weight excluding hydrogens is 282 g/mol. The number of hydrogen-bond donors (Lipinski definition) is 2. The first-order valence-corrected chi connectivity index (χ1v) is 7.34. The van der Waals surface area contributed by atoms with Crippen molar-refractivity contribution >= 4 is 11.9 Å². The molecule has 0 aliphatic carbocycles. The smallest absolute Gasteiger partial charge is 0.231 e. The first-order chi connectivity index (χ1) is 10.6. The maximum absolute atomic E-state index is 5.39. The average Bonchev–Trinajstić information content (AvgIpc) is 2.94. The SMILES string of the molecule is CC1N=C(NCCc2ccc3c(c2)OCO3)NC(N(C)C)=N1. The molecule has 7 heteroatoms. The number of ether oxygens (including phenoxy) is 2. The summed E-state index contributed by atoms with van der Waals surface area (Å²) in [7, 11) is 3.90. The Morgan fingerprint density at radius 1 is 1.27 bits per heavy atom. The van der Waals surface area contributed by atoms with E-state index in [0.717, 1.165) is 36.4 Å². The molecule has 3 rings (SSSR count). The lowest BCUT2D eigenvalue weighted by Gasteiger charge is -2.24. The van der Waals surface area contributed by atoms with Gasteiger partial charge in [0.1, 0.15) is 6.17 Å². The summed E-state index contributed by atoms with van der Waals surface area (Å²) < 4.78 is 10.7. The molecule has 1 atom stereocenters. The topological polar surface area (TPSA) is 70.5 Å². The zero-order valence-electron chi connectivity index (χ0n) is 13.1. The fourth-order valence-electron chi connectivity index (χ4n) is 2.30. The molecule has 2 aliphatic rings. The highest BCUT2D eigenvalue weighted by Crippen LogP contribution is 2.32. The third-order valence-corrected chi connectivity index (χ3v) is 3.42. The number of nitrogens with one attached hydrogen (secondary N) is 2. The Labute approximate surface area is 130 Å². The number of nitrogens with zero attached hydrogens (tertiary/aromatic N) is 3. The van der Waals surface area contributed by atoms with Crippen molar-refractivity contribution in [3.63, 3.8) is 0 Å². The van der Waals surface area contributed by atoms with Gasteiger partial charge < -0.3 is 19.7 Å². The van der Waals surface area contributed by atoms with Crippen molar-refractivity contribution in [1.82, 2.24) is 15.5 Å². The third kappa shape index (κ3) is 3.24. The molecule has 1 unspecified atom stereocenters. The summed E-state index contributed by atoms with van der Waals surface area (Å²) >= 11 is 0. The van der Waals surface area contributed by atoms with Crippen LogP contribution < -0.4 is 20.1 Å². The van der Waals surface area contributed by atoms with Crippen molar-refractivity contribution in [2.24, 2.45) is 9.98 Å². The minimum absolute atomic E-state index is 0.0771. The number of hydrogen-bond acceptors (Lipinski definition) is 7. The van der Waals surface area contributed by atoms with E-state index in [1.807, 2.05) is 38.1 Å². The van der Waals surface area contributed by atoms with Crippen molar-refractivity contribution in [3.8, 4) is 11.5 Å². The quantitative estimate of drug-likeness (QED) is 0.863. The summed E-state index contributed by atoms with van der Waals surface area (Å²) in [6, 6.07) is 6.03.